The summed E-state index contributed by atoms with van der Waals surface area (Å²) >= 11 is 3.00. The Morgan fingerprint density at radius 2 is 1.82 bits per heavy atom. The molecule has 1 aliphatic heterocycles. The number of nitrogens with one attached hydrogen (secondary N) is 1. The fraction of sp³-hybridized carbons (Fsp3) is 0.647. The van der Waals surface area contributed by atoms with Crippen molar-refractivity contribution < 1.29 is 42.5 Å². The highest BCUT2D eigenvalue weighted by atomic mass is 79.9. The van der Waals surface area contributed by atoms with Gasteiger partial charge in [0.2, 0.25) is 0 Å². The number of rotatable bonds is 10. The van der Waals surface area contributed by atoms with E-state index in [1.165, 1.54) is 36.9 Å². The first-order valence-electron chi connectivity index (χ1n) is 10.2. The minimum absolute atomic E-state index is 0.119. The Morgan fingerprint density at radius 3 is 2.29 bits per heavy atom. The second-order valence-electron chi connectivity index (χ2n) is 6.93. The molecule has 196 valence electrons. The highest BCUT2D eigenvalue weighted by Crippen LogP contribution is 2.57. The predicted octanol–water partition coefficient (Wildman–Crippen LogP) is 1.12. The molecular weight excluding hydrogens is 564 g/mol. The Bertz CT molecular complexity index is 1020. The lowest BCUT2D eigenvalue weighted by Gasteiger charge is -2.18. The van der Waals surface area contributed by atoms with E-state index in [2.05, 4.69) is 55.4 Å². The molecule has 1 aromatic rings. The first kappa shape index (κ1) is 31.1. The summed E-state index contributed by atoms with van der Waals surface area (Å²) in [5, 5.41) is 9.99. The number of H-pyrrole nitrogens is 1. The van der Waals surface area contributed by atoms with Crippen molar-refractivity contribution in [2.45, 2.75) is 45.6 Å². The van der Waals surface area contributed by atoms with Crippen molar-refractivity contribution in [3.63, 3.8) is 0 Å². The lowest BCUT2D eigenvalue weighted by molar-refractivity contribution is -0.0450. The minimum Gasteiger partial charge on any atom is -0.390 e. The van der Waals surface area contributed by atoms with E-state index in [-0.39, 0.29) is 12.0 Å². The third-order valence-electron chi connectivity index (χ3n) is 4.71. The summed E-state index contributed by atoms with van der Waals surface area (Å²) in [6.45, 7) is 9.37. The summed E-state index contributed by atoms with van der Waals surface area (Å²) in [6.07, 6.45) is -1.01. The van der Waals surface area contributed by atoms with Gasteiger partial charge in [0.15, 0.2) is 0 Å². The van der Waals surface area contributed by atoms with Crippen LogP contribution in [0.25, 0.3) is 6.08 Å². The fourth-order valence-corrected chi connectivity index (χ4v) is 4.82. The third-order valence-corrected chi connectivity index (χ3v) is 7.12. The van der Waals surface area contributed by atoms with Crippen molar-refractivity contribution in [2.24, 2.45) is 0 Å². The maximum atomic E-state index is 12.0. The molecule has 4 atom stereocenters. The number of aromatic amines is 1. The zero-order valence-corrected chi connectivity index (χ0v) is 22.2. The number of ether oxygens (including phenoxy) is 1. The van der Waals surface area contributed by atoms with Crippen LogP contribution in [0.3, 0.4) is 0 Å². The minimum atomic E-state index is -5.28. The van der Waals surface area contributed by atoms with Gasteiger partial charge in [0, 0.05) is 12.6 Å². The molecule has 0 saturated carbocycles. The van der Waals surface area contributed by atoms with Crippen LogP contribution >= 0.6 is 31.6 Å². The number of phosphoric ester groups is 1. The predicted molar refractivity (Wildman–Crippen MR) is 126 cm³/mol. The SMILES string of the molecule is CCN(CC)CC.O=c1[nH]c(=O)n([C@H]2C[C@H](O)[C@@H](COP(=O)(O)OP(=O)(O)O)O2)cc1/C=C/Br. The smallest absolute Gasteiger partial charge is 0.390 e. The van der Waals surface area contributed by atoms with E-state index in [1.54, 1.807) is 0 Å². The molecule has 0 amide bonds. The monoisotopic (exact) mass is 593 g/mol. The van der Waals surface area contributed by atoms with E-state index in [9.17, 15) is 28.7 Å². The zero-order chi connectivity index (χ0) is 26.1. The number of aliphatic hydroxyl groups excluding tert-OH is 1. The van der Waals surface area contributed by atoms with Crippen LogP contribution < -0.4 is 11.2 Å². The first-order chi connectivity index (χ1) is 15.8. The van der Waals surface area contributed by atoms with Crippen LogP contribution in [0.5, 0.6) is 0 Å². The molecule has 0 radical (unpaired) electrons. The Kier molecular flexibility index (Phi) is 12.7. The molecule has 5 N–H and O–H groups in total. The van der Waals surface area contributed by atoms with E-state index in [0.29, 0.717) is 0 Å². The maximum Gasteiger partial charge on any atom is 0.481 e. The molecule has 2 rings (SSSR count). The number of phosphoric acid groups is 2. The van der Waals surface area contributed by atoms with Gasteiger partial charge in [-0.15, -0.1) is 0 Å². The number of nitrogens with zero attached hydrogens (tertiary/aromatic N) is 2. The summed E-state index contributed by atoms with van der Waals surface area (Å²) in [4.78, 5) is 55.8. The summed E-state index contributed by atoms with van der Waals surface area (Å²) in [7, 11) is -10.4. The molecule has 1 fully saturated rings. The number of hydrogen-bond donors (Lipinski definition) is 5. The van der Waals surface area contributed by atoms with Crippen LogP contribution in [-0.2, 0) is 22.7 Å². The van der Waals surface area contributed by atoms with Crippen LogP contribution in [-0.4, -0.2) is 72.7 Å². The Morgan fingerprint density at radius 1 is 1.24 bits per heavy atom. The summed E-state index contributed by atoms with van der Waals surface area (Å²) in [5.41, 5.74) is -1.32. The molecule has 1 saturated heterocycles. The van der Waals surface area contributed by atoms with Crippen LogP contribution in [0.1, 0.15) is 39.0 Å². The van der Waals surface area contributed by atoms with Crippen LogP contribution in [0.4, 0.5) is 0 Å². The van der Waals surface area contributed by atoms with E-state index in [1.807, 2.05) is 0 Å². The molecule has 14 nitrogen and oxygen atoms in total. The Balaban J connectivity index is 0.000000718. The van der Waals surface area contributed by atoms with Gasteiger partial charge >= 0.3 is 21.3 Å². The molecule has 0 spiro atoms. The maximum absolute atomic E-state index is 12.0. The van der Waals surface area contributed by atoms with Gasteiger partial charge in [-0.2, -0.15) is 4.31 Å². The number of halogens is 1. The van der Waals surface area contributed by atoms with Crippen molar-refractivity contribution in [1.82, 2.24) is 14.5 Å². The highest BCUT2D eigenvalue weighted by molar-refractivity contribution is 9.11. The van der Waals surface area contributed by atoms with Crippen LogP contribution in [0, 0.1) is 0 Å². The van der Waals surface area contributed by atoms with Gasteiger partial charge in [-0.05, 0) is 30.7 Å². The van der Waals surface area contributed by atoms with Gasteiger partial charge < -0.3 is 29.4 Å². The van der Waals surface area contributed by atoms with Gasteiger partial charge in [0.1, 0.15) is 12.3 Å². The number of hydrogen-bond acceptors (Lipinski definition) is 9. The van der Waals surface area contributed by atoms with Crippen LogP contribution in [0.15, 0.2) is 20.8 Å². The fourth-order valence-electron chi connectivity index (χ4n) is 2.93. The molecular formula is C17H30BrN3O11P2. The molecule has 0 bridgehead atoms. The Labute approximate surface area is 204 Å². The van der Waals surface area contributed by atoms with Crippen molar-refractivity contribution in [3.8, 4) is 0 Å². The summed E-state index contributed by atoms with van der Waals surface area (Å²) < 4.78 is 36.4. The van der Waals surface area contributed by atoms with Gasteiger partial charge in [-0.3, -0.25) is 18.9 Å². The molecule has 17 heteroatoms. The third kappa shape index (κ3) is 10.3. The van der Waals surface area contributed by atoms with Crippen molar-refractivity contribution in [1.29, 1.82) is 0 Å². The van der Waals surface area contributed by atoms with E-state index >= 15 is 0 Å². The zero-order valence-electron chi connectivity index (χ0n) is 18.8. The second-order valence-corrected chi connectivity index (χ2v) is 10.3. The van der Waals surface area contributed by atoms with Crippen molar-refractivity contribution in [3.05, 3.63) is 37.6 Å². The van der Waals surface area contributed by atoms with Gasteiger partial charge in [-0.25, -0.2) is 13.9 Å². The van der Waals surface area contributed by atoms with Gasteiger partial charge in [0.25, 0.3) is 5.56 Å². The molecule has 2 heterocycles. The van der Waals surface area contributed by atoms with Gasteiger partial charge in [-0.1, -0.05) is 36.7 Å². The number of aliphatic hydroxyl groups is 1. The average molecular weight is 594 g/mol. The molecule has 0 aromatic carbocycles. The number of aromatic nitrogens is 2. The standard InChI is InChI=1S/C11H15BrN2O11P2.C6H15N/c12-2-1-6-4-14(11(17)13-10(6)16)9-3-7(15)8(24-9)5-23-27(21,22)25-26(18,19)20;1-4-7(5-2)6-3/h1-2,4,7-9,15H,3,5H2,(H,21,22)(H,13,16,17)(H2,18,19,20);4-6H2,1-3H3/b2-1+;/t7-,8+,9+;/m0./s1. The lowest BCUT2D eigenvalue weighted by Crippen LogP contribution is -2.33. The molecule has 1 aliphatic rings. The Hall–Kier alpha value is -0.960. The average Bonchev–Trinajstić information content (AvgIpc) is 3.09. The summed E-state index contributed by atoms with van der Waals surface area (Å²) in [6, 6.07) is 0. The molecule has 34 heavy (non-hydrogen) atoms. The van der Waals surface area contributed by atoms with Crippen LogP contribution in [0.2, 0.25) is 0 Å². The first-order valence-corrected chi connectivity index (χ1v) is 14.1. The quantitative estimate of drug-likeness (QED) is 0.242. The van der Waals surface area contributed by atoms with Crippen molar-refractivity contribution in [2.75, 3.05) is 26.2 Å². The molecule has 0 aliphatic carbocycles. The summed E-state index contributed by atoms with van der Waals surface area (Å²) in [5.74, 6) is 0. The van der Waals surface area contributed by atoms with E-state index in [4.69, 9.17) is 14.5 Å². The van der Waals surface area contributed by atoms with E-state index in [0.717, 1.165) is 4.57 Å². The van der Waals surface area contributed by atoms with Crippen molar-refractivity contribution >= 4 is 37.7 Å². The van der Waals surface area contributed by atoms with E-state index < -0.39 is 51.9 Å². The van der Waals surface area contributed by atoms with Gasteiger partial charge in [0.05, 0.1) is 18.3 Å². The largest absolute Gasteiger partial charge is 0.481 e. The molecule has 1 aromatic heterocycles. The second kappa shape index (κ2) is 14.0. The topological polar surface area (TPSA) is 201 Å². The lowest BCUT2D eigenvalue weighted by atomic mass is 10.2. The normalized spacial score (nSPS) is 22.6. The highest BCUT2D eigenvalue weighted by Gasteiger charge is 2.39. The molecule has 1 unspecified atom stereocenters.